The summed E-state index contributed by atoms with van der Waals surface area (Å²) >= 11 is 0. The first-order valence-corrected chi connectivity index (χ1v) is 8.48. The van der Waals surface area contributed by atoms with Gasteiger partial charge in [0.2, 0.25) is 0 Å². The van der Waals surface area contributed by atoms with Gasteiger partial charge >= 0.3 is 0 Å². The van der Waals surface area contributed by atoms with E-state index in [0.29, 0.717) is 12.2 Å². The number of anilines is 1. The van der Waals surface area contributed by atoms with Gasteiger partial charge in [0.15, 0.2) is 0 Å². The number of fused-ring (bicyclic) bond motifs is 1. The van der Waals surface area contributed by atoms with Gasteiger partial charge in [0.1, 0.15) is 22.9 Å². The smallest absolute Gasteiger partial charge is 0.149 e. The minimum atomic E-state index is -0.526. The zero-order valence-electron chi connectivity index (χ0n) is 13.7. The fourth-order valence-corrected chi connectivity index (χ4v) is 3.49. The van der Waals surface area contributed by atoms with Crippen LogP contribution in [0.2, 0.25) is 0 Å². The second kappa shape index (κ2) is 6.80. The highest BCUT2D eigenvalue weighted by Crippen LogP contribution is 2.29. The second-order valence-corrected chi connectivity index (χ2v) is 6.27. The Morgan fingerprint density at radius 3 is 2.68 bits per heavy atom. The van der Waals surface area contributed by atoms with E-state index < -0.39 is 11.6 Å². The van der Waals surface area contributed by atoms with Crippen LogP contribution >= 0.6 is 0 Å². The van der Waals surface area contributed by atoms with Crippen molar-refractivity contribution in [3.63, 3.8) is 0 Å². The molecular formula is C19H19F2N3O. The Labute approximate surface area is 144 Å². The summed E-state index contributed by atoms with van der Waals surface area (Å²) in [5.41, 5.74) is 0.582. The van der Waals surface area contributed by atoms with Gasteiger partial charge in [-0.1, -0.05) is 0 Å². The largest absolute Gasteiger partial charge is 0.468 e. The maximum atomic E-state index is 14.2. The quantitative estimate of drug-likeness (QED) is 0.747. The van der Waals surface area contributed by atoms with Crippen LogP contribution in [0.15, 0.2) is 47.2 Å². The average molecular weight is 343 g/mol. The van der Waals surface area contributed by atoms with Crippen molar-refractivity contribution in [2.75, 3.05) is 25.0 Å². The normalized spacial score (nSPS) is 16.4. The van der Waals surface area contributed by atoms with Crippen LogP contribution in [-0.4, -0.2) is 29.5 Å². The topological polar surface area (TPSA) is 41.3 Å². The molecule has 130 valence electrons. The van der Waals surface area contributed by atoms with Crippen LogP contribution in [0, 0.1) is 11.6 Å². The Balaban J connectivity index is 1.63. The van der Waals surface area contributed by atoms with E-state index in [9.17, 15) is 8.78 Å². The molecule has 1 aromatic carbocycles. The van der Waals surface area contributed by atoms with E-state index in [4.69, 9.17) is 4.42 Å². The molecule has 0 amide bonds. The van der Waals surface area contributed by atoms with E-state index in [-0.39, 0.29) is 16.9 Å². The molecule has 1 saturated heterocycles. The summed E-state index contributed by atoms with van der Waals surface area (Å²) in [5, 5.41) is 3.46. The number of likely N-dealkylation sites (tertiary alicyclic amines) is 1. The molecular weight excluding hydrogens is 324 g/mol. The Kier molecular flexibility index (Phi) is 4.36. The number of furan rings is 1. The van der Waals surface area contributed by atoms with Crippen LogP contribution in [0.5, 0.6) is 0 Å². The lowest BCUT2D eigenvalue weighted by Crippen LogP contribution is -2.30. The van der Waals surface area contributed by atoms with E-state index in [0.717, 1.165) is 43.8 Å². The van der Waals surface area contributed by atoms with Crippen molar-refractivity contribution < 1.29 is 13.2 Å². The second-order valence-electron chi connectivity index (χ2n) is 6.27. The van der Waals surface area contributed by atoms with Crippen molar-refractivity contribution in [2.24, 2.45) is 0 Å². The highest BCUT2D eigenvalue weighted by Gasteiger charge is 2.25. The molecule has 3 heterocycles. The van der Waals surface area contributed by atoms with Crippen LogP contribution in [0.4, 0.5) is 14.5 Å². The van der Waals surface area contributed by atoms with Crippen molar-refractivity contribution in [1.29, 1.82) is 0 Å². The lowest BCUT2D eigenvalue weighted by molar-refractivity contribution is 0.225. The van der Waals surface area contributed by atoms with E-state index >= 15 is 0 Å². The molecule has 25 heavy (non-hydrogen) atoms. The fraction of sp³-hybridized carbons (Fsp3) is 0.316. The zero-order chi connectivity index (χ0) is 17.2. The third kappa shape index (κ3) is 3.09. The number of hydrogen-bond acceptors (Lipinski definition) is 4. The third-order valence-electron chi connectivity index (χ3n) is 4.73. The van der Waals surface area contributed by atoms with E-state index in [1.54, 1.807) is 12.3 Å². The van der Waals surface area contributed by atoms with Crippen molar-refractivity contribution in [3.8, 4) is 0 Å². The zero-order valence-corrected chi connectivity index (χ0v) is 13.7. The van der Waals surface area contributed by atoms with E-state index in [1.165, 1.54) is 6.20 Å². The maximum absolute atomic E-state index is 14.2. The van der Waals surface area contributed by atoms with Gasteiger partial charge in [-0.05, 0) is 56.3 Å². The number of benzene rings is 1. The molecule has 0 bridgehead atoms. The van der Waals surface area contributed by atoms with Crippen LogP contribution in [0.1, 0.15) is 24.6 Å². The summed E-state index contributed by atoms with van der Waals surface area (Å²) in [6.07, 6.45) is 5.48. The molecule has 1 aliphatic heterocycles. The monoisotopic (exact) mass is 343 g/mol. The van der Waals surface area contributed by atoms with Crippen LogP contribution in [0.3, 0.4) is 0 Å². The Bertz CT molecular complexity index is 860. The lowest BCUT2D eigenvalue weighted by atomic mass is 10.1. The highest BCUT2D eigenvalue weighted by molar-refractivity contribution is 5.91. The molecule has 1 fully saturated rings. The summed E-state index contributed by atoms with van der Waals surface area (Å²) in [6, 6.07) is 7.79. The Morgan fingerprint density at radius 1 is 1.12 bits per heavy atom. The first kappa shape index (κ1) is 16.0. The molecule has 6 heteroatoms. The van der Waals surface area contributed by atoms with Crippen LogP contribution < -0.4 is 5.32 Å². The van der Waals surface area contributed by atoms with Gasteiger partial charge in [-0.3, -0.25) is 9.88 Å². The molecule has 0 radical (unpaired) electrons. The number of nitrogens with one attached hydrogen (secondary N) is 1. The minimum absolute atomic E-state index is 0.0423. The number of hydrogen-bond donors (Lipinski definition) is 1. The lowest BCUT2D eigenvalue weighted by Gasteiger charge is -2.26. The molecule has 3 aromatic rings. The molecule has 2 aromatic heterocycles. The molecule has 4 rings (SSSR count). The predicted molar refractivity (Wildman–Crippen MR) is 92.4 cm³/mol. The minimum Gasteiger partial charge on any atom is -0.468 e. The number of rotatable bonds is 5. The van der Waals surface area contributed by atoms with Gasteiger partial charge in [0.25, 0.3) is 0 Å². The van der Waals surface area contributed by atoms with Gasteiger partial charge in [-0.2, -0.15) is 0 Å². The Hall–Kier alpha value is -2.47. The van der Waals surface area contributed by atoms with Crippen molar-refractivity contribution >= 4 is 16.6 Å². The summed E-state index contributed by atoms with van der Waals surface area (Å²) in [6.45, 7) is 2.56. The van der Waals surface area contributed by atoms with E-state index in [2.05, 4.69) is 15.2 Å². The summed E-state index contributed by atoms with van der Waals surface area (Å²) < 4.78 is 33.8. The molecule has 4 nitrogen and oxygen atoms in total. The van der Waals surface area contributed by atoms with Gasteiger partial charge in [-0.15, -0.1) is 0 Å². The summed E-state index contributed by atoms with van der Waals surface area (Å²) in [5.74, 6) is -0.135. The molecule has 1 unspecified atom stereocenters. The SMILES string of the molecule is Fc1ccc(F)c2c(NCC(c3ccco3)N3CCCC3)ccnc12. The molecule has 1 aliphatic rings. The number of nitrogens with zero attached hydrogens (tertiary/aromatic N) is 2. The first-order chi connectivity index (χ1) is 12.2. The van der Waals surface area contributed by atoms with Crippen molar-refractivity contribution in [1.82, 2.24) is 9.88 Å². The molecule has 1 atom stereocenters. The number of aromatic nitrogens is 1. The molecule has 0 saturated carbocycles. The third-order valence-corrected chi connectivity index (χ3v) is 4.73. The van der Waals surface area contributed by atoms with Crippen LogP contribution in [0.25, 0.3) is 10.9 Å². The predicted octanol–water partition coefficient (Wildman–Crippen LogP) is 4.36. The summed E-state index contributed by atoms with van der Waals surface area (Å²) in [7, 11) is 0. The van der Waals surface area contributed by atoms with Crippen LogP contribution in [-0.2, 0) is 0 Å². The van der Waals surface area contributed by atoms with Gasteiger partial charge < -0.3 is 9.73 Å². The van der Waals surface area contributed by atoms with Crippen molar-refractivity contribution in [2.45, 2.75) is 18.9 Å². The van der Waals surface area contributed by atoms with Gasteiger partial charge in [0.05, 0.1) is 17.7 Å². The van der Waals surface area contributed by atoms with Gasteiger partial charge in [0, 0.05) is 18.4 Å². The standard InChI is InChI=1S/C19H19F2N3O/c20-13-5-6-14(21)19-18(13)15(7-8-22-19)23-12-16(17-4-3-11-25-17)24-9-1-2-10-24/h3-8,11,16H,1-2,9-10,12H2,(H,22,23). The summed E-state index contributed by atoms with van der Waals surface area (Å²) in [4.78, 5) is 6.33. The average Bonchev–Trinajstić information content (AvgIpc) is 3.33. The Morgan fingerprint density at radius 2 is 1.92 bits per heavy atom. The number of pyridine rings is 1. The molecule has 0 spiro atoms. The highest BCUT2D eigenvalue weighted by atomic mass is 19.1. The van der Waals surface area contributed by atoms with Crippen molar-refractivity contribution in [3.05, 3.63) is 60.2 Å². The fourth-order valence-electron chi connectivity index (χ4n) is 3.49. The van der Waals surface area contributed by atoms with Gasteiger partial charge in [-0.25, -0.2) is 8.78 Å². The first-order valence-electron chi connectivity index (χ1n) is 8.48. The molecule has 1 N–H and O–H groups in total. The maximum Gasteiger partial charge on any atom is 0.149 e. The molecule has 0 aliphatic carbocycles. The number of halogens is 2. The van der Waals surface area contributed by atoms with E-state index in [1.807, 2.05) is 12.1 Å².